The maximum atomic E-state index is 13.1. The Bertz CT molecular complexity index is 1390. The Kier molecular flexibility index (Phi) is 8.58. The molecule has 9 heteroatoms. The van der Waals surface area contributed by atoms with Crippen LogP contribution in [-0.4, -0.2) is 43.0 Å². The normalized spacial score (nSPS) is 17.0. The van der Waals surface area contributed by atoms with Crippen molar-refractivity contribution in [2.24, 2.45) is 10.9 Å². The zero-order valence-corrected chi connectivity index (χ0v) is 22.9. The zero-order valence-electron chi connectivity index (χ0n) is 22.1. The number of thiazole rings is 1. The quantitative estimate of drug-likeness (QED) is 0.330. The fraction of sp³-hybridized carbons (Fsp3) is 0.310. The maximum Gasteiger partial charge on any atom is 0.336 e. The number of para-hydroxylation sites is 1. The first-order chi connectivity index (χ1) is 18.4. The van der Waals surface area contributed by atoms with Gasteiger partial charge in [-0.15, -0.1) is 11.3 Å². The van der Waals surface area contributed by atoms with Crippen molar-refractivity contribution in [3.8, 4) is 17.0 Å². The highest BCUT2D eigenvalue weighted by Gasteiger charge is 2.42. The van der Waals surface area contributed by atoms with Crippen LogP contribution >= 0.6 is 11.3 Å². The predicted octanol–water partition coefficient (Wildman–Crippen LogP) is 6.14. The third-order valence-electron chi connectivity index (χ3n) is 6.25. The number of rotatable bonds is 9. The summed E-state index contributed by atoms with van der Waals surface area (Å²) in [5.74, 6) is -1.51. The second kappa shape index (κ2) is 12.0. The van der Waals surface area contributed by atoms with Crippen LogP contribution in [0.1, 0.15) is 39.2 Å². The molecule has 198 valence electrons. The molecule has 2 heterocycles. The van der Waals surface area contributed by atoms with Crippen LogP contribution in [-0.2, 0) is 19.1 Å². The van der Waals surface area contributed by atoms with Crippen LogP contribution in [0.3, 0.4) is 0 Å². The first-order valence-corrected chi connectivity index (χ1v) is 13.3. The van der Waals surface area contributed by atoms with Gasteiger partial charge >= 0.3 is 11.9 Å². The van der Waals surface area contributed by atoms with Gasteiger partial charge in [-0.3, -0.25) is 9.79 Å². The molecule has 1 N–H and O–H groups in total. The number of benzene rings is 2. The van der Waals surface area contributed by atoms with Gasteiger partial charge in [-0.25, -0.2) is 9.78 Å². The highest BCUT2D eigenvalue weighted by Crippen LogP contribution is 2.41. The lowest BCUT2D eigenvalue weighted by atomic mass is 9.75. The van der Waals surface area contributed by atoms with Crippen molar-refractivity contribution in [3.63, 3.8) is 0 Å². The molecule has 1 aliphatic heterocycles. The first-order valence-electron chi connectivity index (χ1n) is 12.4. The van der Waals surface area contributed by atoms with Gasteiger partial charge < -0.3 is 19.5 Å². The number of nitrogens with one attached hydrogen (secondary N) is 1. The van der Waals surface area contributed by atoms with Crippen LogP contribution in [0.4, 0.5) is 10.8 Å². The summed E-state index contributed by atoms with van der Waals surface area (Å²) in [5.41, 5.74) is 4.74. The Hall–Kier alpha value is -3.98. The summed E-state index contributed by atoms with van der Waals surface area (Å²) >= 11 is 1.47. The van der Waals surface area contributed by atoms with E-state index in [1.165, 1.54) is 11.3 Å². The van der Waals surface area contributed by atoms with E-state index < -0.39 is 23.8 Å². The second-order valence-electron chi connectivity index (χ2n) is 8.67. The second-order valence-corrected chi connectivity index (χ2v) is 9.53. The molecule has 3 aromatic rings. The SMILES string of the molecule is CCOC(=O)C1=C(C)N=C(C)C(C(=O)OCC)C1c1cccc(Nc2nc(-c3ccccc3OC)cs2)c1. The smallest absolute Gasteiger partial charge is 0.336 e. The number of hydrogen-bond acceptors (Lipinski definition) is 9. The molecule has 4 rings (SSSR count). The van der Waals surface area contributed by atoms with Crippen molar-refractivity contribution < 1.29 is 23.8 Å². The Balaban J connectivity index is 1.70. The fourth-order valence-corrected chi connectivity index (χ4v) is 5.38. The first kappa shape index (κ1) is 27.1. The van der Waals surface area contributed by atoms with E-state index in [0.29, 0.717) is 22.1 Å². The van der Waals surface area contributed by atoms with E-state index in [1.807, 2.05) is 53.9 Å². The summed E-state index contributed by atoms with van der Waals surface area (Å²) in [6.07, 6.45) is 0. The number of allylic oxidation sites excluding steroid dienone is 1. The van der Waals surface area contributed by atoms with Crippen molar-refractivity contribution in [1.82, 2.24) is 4.98 Å². The van der Waals surface area contributed by atoms with Gasteiger partial charge in [0.1, 0.15) is 11.7 Å². The molecule has 0 aliphatic carbocycles. The summed E-state index contributed by atoms with van der Waals surface area (Å²) < 4.78 is 16.2. The number of esters is 2. The van der Waals surface area contributed by atoms with E-state index in [4.69, 9.17) is 19.2 Å². The molecule has 0 saturated heterocycles. The van der Waals surface area contributed by atoms with Crippen molar-refractivity contribution in [1.29, 1.82) is 0 Å². The third kappa shape index (κ3) is 5.62. The largest absolute Gasteiger partial charge is 0.496 e. The molecule has 0 saturated carbocycles. The number of ether oxygens (including phenoxy) is 3. The fourth-order valence-electron chi connectivity index (χ4n) is 4.65. The number of carbonyl (C=O) groups is 2. The Labute approximate surface area is 226 Å². The van der Waals surface area contributed by atoms with Crippen molar-refractivity contribution in [2.75, 3.05) is 25.6 Å². The molecular weight excluding hydrogens is 502 g/mol. The number of hydrogen-bond donors (Lipinski definition) is 1. The van der Waals surface area contributed by atoms with Gasteiger partial charge in [-0.05, 0) is 57.5 Å². The van der Waals surface area contributed by atoms with Gasteiger partial charge in [-0.2, -0.15) is 0 Å². The van der Waals surface area contributed by atoms with E-state index in [1.54, 1.807) is 34.8 Å². The standard InChI is InChI=1S/C29H31N3O5S/c1-6-36-27(33)24-17(3)30-18(4)25(28(34)37-7-2)26(24)19-11-10-12-20(15-19)31-29-32-22(16-38-29)21-13-8-9-14-23(21)35-5/h8-16,24,26H,6-7H2,1-5H3,(H,31,32). The lowest BCUT2D eigenvalue weighted by Crippen LogP contribution is -2.36. The molecule has 8 nitrogen and oxygen atoms in total. The summed E-state index contributed by atoms with van der Waals surface area (Å²) in [6, 6.07) is 15.3. The Morgan fingerprint density at radius 2 is 1.79 bits per heavy atom. The van der Waals surface area contributed by atoms with Gasteiger partial charge in [-0.1, -0.05) is 24.3 Å². The molecule has 1 aliphatic rings. The minimum Gasteiger partial charge on any atom is -0.496 e. The average Bonchev–Trinajstić information content (AvgIpc) is 3.36. The van der Waals surface area contributed by atoms with Gasteiger partial charge in [0.2, 0.25) is 0 Å². The molecule has 0 spiro atoms. The average molecular weight is 534 g/mol. The number of nitrogens with zero attached hydrogens (tertiary/aromatic N) is 2. The summed E-state index contributed by atoms with van der Waals surface area (Å²) in [5, 5.41) is 6.02. The molecule has 0 bridgehead atoms. The zero-order chi connectivity index (χ0) is 27.2. The van der Waals surface area contributed by atoms with E-state index in [0.717, 1.165) is 28.3 Å². The molecule has 2 aromatic carbocycles. The van der Waals surface area contributed by atoms with Crippen LogP contribution in [0.5, 0.6) is 5.75 Å². The molecule has 2 unspecified atom stereocenters. The van der Waals surface area contributed by atoms with Gasteiger partial charge in [0.05, 0.1) is 31.6 Å². The summed E-state index contributed by atoms with van der Waals surface area (Å²) in [7, 11) is 1.64. The lowest BCUT2D eigenvalue weighted by molar-refractivity contribution is -0.146. The summed E-state index contributed by atoms with van der Waals surface area (Å²) in [4.78, 5) is 35.4. The minimum atomic E-state index is -0.745. The number of methoxy groups -OCH3 is 1. The van der Waals surface area contributed by atoms with Gasteiger partial charge in [0, 0.05) is 34.0 Å². The predicted molar refractivity (Wildman–Crippen MR) is 149 cm³/mol. The summed E-state index contributed by atoms with van der Waals surface area (Å²) in [6.45, 7) is 7.51. The molecule has 38 heavy (non-hydrogen) atoms. The Morgan fingerprint density at radius 1 is 1.03 bits per heavy atom. The highest BCUT2D eigenvalue weighted by molar-refractivity contribution is 7.14. The van der Waals surface area contributed by atoms with E-state index in [2.05, 4.69) is 10.3 Å². The molecular formula is C29H31N3O5S. The van der Waals surface area contributed by atoms with Crippen molar-refractivity contribution in [2.45, 2.75) is 33.6 Å². The number of aromatic nitrogens is 1. The molecule has 1 aromatic heterocycles. The van der Waals surface area contributed by atoms with Crippen molar-refractivity contribution >= 4 is 39.8 Å². The number of carbonyl (C=O) groups excluding carboxylic acids is 2. The number of aliphatic imine (C=N–C) groups is 1. The lowest BCUT2D eigenvalue weighted by Gasteiger charge is -2.31. The number of anilines is 2. The molecule has 0 amide bonds. The Morgan fingerprint density at radius 3 is 2.53 bits per heavy atom. The molecule has 2 atom stereocenters. The van der Waals surface area contributed by atoms with Crippen molar-refractivity contribution in [3.05, 3.63) is 70.7 Å². The monoisotopic (exact) mass is 533 g/mol. The topological polar surface area (TPSA) is 99.1 Å². The van der Waals surface area contributed by atoms with Crippen LogP contribution in [0.15, 0.2) is 70.2 Å². The maximum absolute atomic E-state index is 13.1. The van der Waals surface area contributed by atoms with Crippen LogP contribution in [0.2, 0.25) is 0 Å². The van der Waals surface area contributed by atoms with E-state index >= 15 is 0 Å². The van der Waals surface area contributed by atoms with Crippen LogP contribution in [0, 0.1) is 5.92 Å². The van der Waals surface area contributed by atoms with Gasteiger partial charge in [0.15, 0.2) is 5.13 Å². The molecule has 0 fully saturated rings. The minimum absolute atomic E-state index is 0.218. The van der Waals surface area contributed by atoms with Gasteiger partial charge in [0.25, 0.3) is 0 Å². The highest BCUT2D eigenvalue weighted by atomic mass is 32.1. The van der Waals surface area contributed by atoms with E-state index in [-0.39, 0.29) is 13.2 Å². The third-order valence-corrected chi connectivity index (χ3v) is 7.01. The van der Waals surface area contributed by atoms with Crippen LogP contribution < -0.4 is 10.1 Å². The van der Waals surface area contributed by atoms with E-state index in [9.17, 15) is 9.59 Å². The van der Waals surface area contributed by atoms with Crippen LogP contribution in [0.25, 0.3) is 11.3 Å². The molecule has 0 radical (unpaired) electrons.